The molecule has 0 spiro atoms. The summed E-state index contributed by atoms with van der Waals surface area (Å²) in [5, 5.41) is 1.58. The summed E-state index contributed by atoms with van der Waals surface area (Å²) in [4.78, 5) is 12.5. The second-order valence-corrected chi connectivity index (χ2v) is 8.07. The van der Waals surface area contributed by atoms with Crippen molar-refractivity contribution in [2.75, 3.05) is 18.4 Å². The van der Waals surface area contributed by atoms with Crippen LogP contribution in [0.15, 0.2) is 48.5 Å². The molecule has 1 heterocycles. The van der Waals surface area contributed by atoms with E-state index < -0.39 is 33.0 Å². The molecule has 1 amide bonds. The lowest BCUT2D eigenvalue weighted by molar-refractivity contribution is -0.124. The summed E-state index contributed by atoms with van der Waals surface area (Å²) >= 11 is 0. The summed E-state index contributed by atoms with van der Waals surface area (Å²) < 4.78 is 45.7. The number of ether oxygens (including phenoxy) is 1. The topological polar surface area (TPSA) is 109 Å². The van der Waals surface area contributed by atoms with Crippen LogP contribution in [0, 0.1) is 11.7 Å². The van der Waals surface area contributed by atoms with Gasteiger partial charge in [0.05, 0.1) is 13.0 Å². The molecule has 1 aliphatic heterocycles. The monoisotopic (exact) mass is 408 g/mol. The van der Waals surface area contributed by atoms with Crippen molar-refractivity contribution < 1.29 is 22.3 Å². The van der Waals surface area contributed by atoms with E-state index in [4.69, 9.17) is 4.74 Å². The first-order valence-corrected chi connectivity index (χ1v) is 10.1. The maximum absolute atomic E-state index is 13.0. The van der Waals surface area contributed by atoms with E-state index >= 15 is 0 Å². The number of carbonyl (C=O) groups excluding carboxylic acids is 1. The van der Waals surface area contributed by atoms with E-state index in [1.165, 1.54) is 12.1 Å². The van der Waals surface area contributed by atoms with Crippen LogP contribution in [0.25, 0.3) is 0 Å². The Balaban J connectivity index is 1.63. The average molecular weight is 408 g/mol. The molecule has 2 unspecified atom stereocenters. The summed E-state index contributed by atoms with van der Waals surface area (Å²) in [7, 11) is -2.37. The van der Waals surface area contributed by atoms with Crippen molar-refractivity contribution in [2.45, 2.75) is 11.9 Å². The number of halogens is 1. The van der Waals surface area contributed by atoms with Gasteiger partial charge in [-0.25, -0.2) is 18.2 Å². The smallest absolute Gasteiger partial charge is 0.250 e. The second-order valence-electron chi connectivity index (χ2n) is 6.27. The van der Waals surface area contributed by atoms with Crippen LogP contribution in [0.1, 0.15) is 5.56 Å². The Morgan fingerprint density at radius 3 is 2.50 bits per heavy atom. The molecule has 0 bridgehead atoms. The maximum Gasteiger partial charge on any atom is 0.250 e. The molecule has 1 aliphatic rings. The van der Waals surface area contributed by atoms with E-state index in [0.29, 0.717) is 5.75 Å². The third-order valence-corrected chi connectivity index (χ3v) is 5.97. The van der Waals surface area contributed by atoms with Gasteiger partial charge in [0.2, 0.25) is 5.91 Å². The number of rotatable bonds is 7. The minimum absolute atomic E-state index is 0.156. The molecule has 0 aliphatic carbocycles. The molecule has 8 nitrogen and oxygen atoms in total. The average Bonchev–Trinajstić information content (AvgIpc) is 3.19. The minimum Gasteiger partial charge on any atom is -0.497 e. The Bertz CT molecular complexity index is 920. The quantitative estimate of drug-likeness (QED) is 0.543. The van der Waals surface area contributed by atoms with Gasteiger partial charge in [0, 0.05) is 18.8 Å². The van der Waals surface area contributed by atoms with Gasteiger partial charge in [-0.15, -0.1) is 0 Å². The van der Waals surface area contributed by atoms with Crippen molar-refractivity contribution in [3.8, 4) is 5.75 Å². The first-order chi connectivity index (χ1) is 13.4. The lowest BCUT2D eigenvalue weighted by Gasteiger charge is -2.19. The number of amides is 1. The van der Waals surface area contributed by atoms with Crippen LogP contribution in [0.4, 0.5) is 10.1 Å². The molecule has 4 N–H and O–H groups in total. The van der Waals surface area contributed by atoms with E-state index in [1.807, 2.05) is 12.1 Å². The highest BCUT2D eigenvalue weighted by atomic mass is 32.2. The van der Waals surface area contributed by atoms with E-state index in [1.54, 1.807) is 19.2 Å². The molecular formula is C18H21FN4O4S. The Hall–Kier alpha value is -2.69. The van der Waals surface area contributed by atoms with Crippen molar-refractivity contribution in [1.29, 1.82) is 0 Å². The molecule has 28 heavy (non-hydrogen) atoms. The lowest BCUT2D eigenvalue weighted by atomic mass is 10.1. The van der Waals surface area contributed by atoms with Gasteiger partial charge in [0.1, 0.15) is 11.6 Å². The lowest BCUT2D eigenvalue weighted by Crippen LogP contribution is -2.46. The highest BCUT2D eigenvalue weighted by molar-refractivity contribution is 7.93. The Morgan fingerprint density at radius 2 is 1.86 bits per heavy atom. The van der Waals surface area contributed by atoms with Crippen LogP contribution >= 0.6 is 0 Å². The molecule has 2 aromatic rings. The minimum atomic E-state index is -3.94. The fraction of sp³-hybridized carbons (Fsp3) is 0.278. The normalized spacial score (nSPS) is 19.2. The molecule has 0 saturated carbocycles. The number of hydrogen-bond donors (Lipinski definition) is 4. The molecule has 10 heteroatoms. The van der Waals surface area contributed by atoms with Crippen LogP contribution in [0.2, 0.25) is 0 Å². The first kappa shape index (κ1) is 20.1. The van der Waals surface area contributed by atoms with Gasteiger partial charge in [-0.1, -0.05) is 12.1 Å². The Morgan fingerprint density at radius 1 is 1.18 bits per heavy atom. The fourth-order valence-electron chi connectivity index (χ4n) is 2.81. The zero-order valence-corrected chi connectivity index (χ0v) is 15.9. The van der Waals surface area contributed by atoms with Crippen LogP contribution in [0.3, 0.4) is 0 Å². The van der Waals surface area contributed by atoms with E-state index in [9.17, 15) is 17.6 Å². The van der Waals surface area contributed by atoms with Gasteiger partial charge in [0.25, 0.3) is 10.0 Å². The molecule has 3 rings (SSSR count). The molecular weight excluding hydrogens is 387 g/mol. The number of carbonyl (C=O) groups is 1. The molecule has 0 radical (unpaired) electrons. The highest BCUT2D eigenvalue weighted by Crippen LogP contribution is 2.19. The number of methoxy groups -OCH3 is 1. The van der Waals surface area contributed by atoms with Gasteiger partial charge in [-0.2, -0.15) is 0 Å². The van der Waals surface area contributed by atoms with Gasteiger partial charge in [0.15, 0.2) is 5.37 Å². The Labute approximate surface area is 162 Å². The second kappa shape index (κ2) is 8.55. The number of hydrazine groups is 1. The predicted molar refractivity (Wildman–Crippen MR) is 102 cm³/mol. The van der Waals surface area contributed by atoms with Crippen molar-refractivity contribution in [1.82, 2.24) is 16.2 Å². The zero-order chi connectivity index (χ0) is 20.1. The molecule has 0 aromatic heterocycles. The third kappa shape index (κ3) is 4.77. The van der Waals surface area contributed by atoms with Gasteiger partial charge >= 0.3 is 0 Å². The number of anilines is 1. The molecule has 150 valence electrons. The number of hydrogen-bond acceptors (Lipinski definition) is 6. The number of nitrogens with one attached hydrogen (secondary N) is 4. The SMILES string of the molecule is COc1ccc(CNC(=O)C2CNNC2S(=O)(=O)Nc2ccc(F)cc2)cc1. The van der Waals surface area contributed by atoms with Crippen molar-refractivity contribution in [3.05, 3.63) is 59.9 Å². The van der Waals surface area contributed by atoms with Gasteiger partial charge in [-0.05, 0) is 42.0 Å². The van der Waals surface area contributed by atoms with Crippen LogP contribution in [0.5, 0.6) is 5.75 Å². The standard InChI is InChI=1S/C18H21FN4O4S/c1-27-15-8-2-12(3-9-15)10-20-17(24)16-11-21-22-18(16)28(25,26)23-14-6-4-13(19)5-7-14/h2-9,16,18,21-23H,10-11H2,1H3,(H,20,24). The van der Waals surface area contributed by atoms with Crippen molar-refractivity contribution in [2.24, 2.45) is 5.92 Å². The van der Waals surface area contributed by atoms with E-state index in [2.05, 4.69) is 20.9 Å². The molecule has 2 aromatic carbocycles. The molecule has 2 atom stereocenters. The third-order valence-electron chi connectivity index (χ3n) is 4.33. The number of benzene rings is 2. The molecule has 1 fully saturated rings. The maximum atomic E-state index is 13.0. The van der Waals surface area contributed by atoms with Crippen molar-refractivity contribution in [3.63, 3.8) is 0 Å². The summed E-state index contributed by atoms with van der Waals surface area (Å²) in [5.74, 6) is -1.00. The zero-order valence-electron chi connectivity index (χ0n) is 15.1. The number of sulfonamides is 1. The summed E-state index contributed by atoms with van der Waals surface area (Å²) in [5.41, 5.74) is 6.41. The molecule has 1 saturated heterocycles. The van der Waals surface area contributed by atoms with Crippen LogP contribution in [-0.4, -0.2) is 33.4 Å². The van der Waals surface area contributed by atoms with Crippen LogP contribution in [-0.2, 0) is 21.4 Å². The summed E-state index contributed by atoms with van der Waals surface area (Å²) in [6.45, 7) is 0.418. The van der Waals surface area contributed by atoms with E-state index in [0.717, 1.165) is 17.7 Å². The van der Waals surface area contributed by atoms with Gasteiger partial charge in [-0.3, -0.25) is 14.9 Å². The largest absolute Gasteiger partial charge is 0.497 e. The summed E-state index contributed by atoms with van der Waals surface area (Å²) in [6.07, 6.45) is 0. The highest BCUT2D eigenvalue weighted by Gasteiger charge is 2.41. The van der Waals surface area contributed by atoms with E-state index in [-0.39, 0.29) is 18.8 Å². The first-order valence-electron chi connectivity index (χ1n) is 8.55. The summed E-state index contributed by atoms with van der Waals surface area (Å²) in [6, 6.07) is 12.1. The Kier molecular flexibility index (Phi) is 6.12. The van der Waals surface area contributed by atoms with Gasteiger partial charge < -0.3 is 10.1 Å². The van der Waals surface area contributed by atoms with Crippen LogP contribution < -0.4 is 25.6 Å². The predicted octanol–water partition coefficient (Wildman–Crippen LogP) is 0.943. The fourth-order valence-corrected chi connectivity index (χ4v) is 4.29. The van der Waals surface area contributed by atoms with Crippen molar-refractivity contribution >= 4 is 21.6 Å².